The zero-order valence-electron chi connectivity index (χ0n) is 14.1. The van der Waals surface area contributed by atoms with E-state index in [-0.39, 0.29) is 40.6 Å². The highest BCUT2D eigenvalue weighted by atomic mass is 16.5. The van der Waals surface area contributed by atoms with Gasteiger partial charge < -0.3 is 13.9 Å². The third kappa shape index (κ3) is 2.79. The lowest BCUT2D eigenvalue weighted by atomic mass is 9.93. The van der Waals surface area contributed by atoms with Gasteiger partial charge in [0, 0.05) is 13.0 Å². The molecule has 2 aromatic rings. The van der Waals surface area contributed by atoms with Crippen molar-refractivity contribution in [2.24, 2.45) is 0 Å². The molecule has 0 fully saturated rings. The lowest BCUT2D eigenvalue weighted by Gasteiger charge is -2.14. The third-order valence-electron chi connectivity index (χ3n) is 4.15. The molecule has 1 aromatic carbocycles. The summed E-state index contributed by atoms with van der Waals surface area (Å²) >= 11 is 0. The van der Waals surface area contributed by atoms with Crippen LogP contribution in [0.3, 0.4) is 0 Å². The third-order valence-corrected chi connectivity index (χ3v) is 4.15. The molecule has 0 unspecified atom stereocenters. The minimum atomic E-state index is -0.897. The smallest absolute Gasteiger partial charge is 0.347 e. The van der Waals surface area contributed by atoms with Gasteiger partial charge in [0.1, 0.15) is 29.4 Å². The van der Waals surface area contributed by atoms with E-state index in [9.17, 15) is 19.2 Å². The first kappa shape index (κ1) is 16.7. The summed E-state index contributed by atoms with van der Waals surface area (Å²) < 4.78 is 15.5. The maximum atomic E-state index is 12.9. The first-order valence-electron chi connectivity index (χ1n) is 8.05. The Morgan fingerprint density at radius 3 is 2.67 bits per heavy atom. The molecule has 7 heteroatoms. The minimum absolute atomic E-state index is 0.0165. The van der Waals surface area contributed by atoms with Crippen molar-refractivity contribution < 1.29 is 28.3 Å². The van der Waals surface area contributed by atoms with E-state index in [0.717, 1.165) is 0 Å². The molecule has 0 bridgehead atoms. The number of benzene rings is 1. The summed E-state index contributed by atoms with van der Waals surface area (Å²) in [4.78, 5) is 49.1. The maximum absolute atomic E-state index is 12.9. The predicted molar refractivity (Wildman–Crippen MR) is 92.5 cm³/mol. The summed E-state index contributed by atoms with van der Waals surface area (Å²) in [6, 6.07) is 7.24. The number of ether oxygens (including phenoxy) is 2. The van der Waals surface area contributed by atoms with Gasteiger partial charge >= 0.3 is 11.6 Å². The number of fused-ring (bicyclic) bond motifs is 2. The minimum Gasteiger partial charge on any atom is -0.489 e. The van der Waals surface area contributed by atoms with Crippen molar-refractivity contribution in [1.82, 2.24) is 0 Å². The fraction of sp³-hybridized carbons (Fsp3) is 0.100. The molecular formula is C20H12O7. The second-order valence-electron chi connectivity index (χ2n) is 5.91. The topological polar surface area (TPSA) is 99.9 Å². The summed E-state index contributed by atoms with van der Waals surface area (Å²) in [6.07, 6.45) is 3.08. The summed E-state index contributed by atoms with van der Waals surface area (Å²) in [6.45, 7) is 1.46. The van der Waals surface area contributed by atoms with E-state index in [1.807, 2.05) is 0 Å². The van der Waals surface area contributed by atoms with E-state index in [4.69, 9.17) is 13.9 Å². The number of para-hydroxylation sites is 1. The molecule has 0 spiro atoms. The summed E-state index contributed by atoms with van der Waals surface area (Å²) in [5.74, 6) is -1.28. The Bertz CT molecular complexity index is 1130. The number of rotatable bonds is 3. The van der Waals surface area contributed by atoms with Crippen LogP contribution in [0.25, 0.3) is 6.08 Å². The summed E-state index contributed by atoms with van der Waals surface area (Å²) in [5.41, 5.74) is -0.731. The molecule has 2 heterocycles. The van der Waals surface area contributed by atoms with Gasteiger partial charge in [0.25, 0.3) is 0 Å². The highest BCUT2D eigenvalue weighted by Crippen LogP contribution is 2.32. The molecule has 134 valence electrons. The zero-order valence-corrected chi connectivity index (χ0v) is 14.1. The van der Waals surface area contributed by atoms with Crippen LogP contribution in [0.1, 0.15) is 39.0 Å². The number of hydrogen-bond acceptors (Lipinski definition) is 7. The van der Waals surface area contributed by atoms with Crippen molar-refractivity contribution >= 4 is 23.6 Å². The van der Waals surface area contributed by atoms with E-state index < -0.39 is 17.4 Å². The maximum Gasteiger partial charge on any atom is 0.347 e. The number of Topliss-reactive ketones (excluding diaryl/α,β-unsaturated/α-hetero) is 1. The van der Waals surface area contributed by atoms with Crippen LogP contribution >= 0.6 is 0 Å². The Kier molecular flexibility index (Phi) is 3.84. The number of allylic oxidation sites excluding steroid dienone is 1. The van der Waals surface area contributed by atoms with Crippen molar-refractivity contribution in [3.05, 3.63) is 80.6 Å². The van der Waals surface area contributed by atoms with Crippen molar-refractivity contribution in [3.8, 4) is 5.75 Å². The average molecular weight is 364 g/mol. The molecule has 0 radical (unpaired) electrons. The summed E-state index contributed by atoms with van der Waals surface area (Å²) in [7, 11) is 0. The standard InChI is InChI=1S/C20H12O7/c1-10(21)26-15-5-3-2-4-11(15)19(23)14-8-13-17(27-20(14)24)9-16-12(18(13)22)6-7-25-16/h2-6,8-9H,7H2,1H3. The van der Waals surface area contributed by atoms with E-state index >= 15 is 0 Å². The lowest BCUT2D eigenvalue weighted by molar-refractivity contribution is -0.131. The fourth-order valence-electron chi connectivity index (χ4n) is 2.95. The van der Waals surface area contributed by atoms with Crippen LogP contribution in [0.5, 0.6) is 5.75 Å². The molecule has 1 aliphatic carbocycles. The molecule has 4 rings (SSSR count). The van der Waals surface area contributed by atoms with Crippen molar-refractivity contribution in [2.75, 3.05) is 6.61 Å². The van der Waals surface area contributed by atoms with E-state index in [1.165, 1.54) is 31.2 Å². The molecule has 1 aliphatic heterocycles. The molecule has 2 aliphatic rings. The van der Waals surface area contributed by atoms with Crippen LogP contribution in [-0.4, -0.2) is 24.1 Å². The number of carbonyl (C=O) groups is 3. The van der Waals surface area contributed by atoms with Gasteiger partial charge in [-0.2, -0.15) is 0 Å². The quantitative estimate of drug-likeness (QED) is 0.468. The molecular weight excluding hydrogens is 352 g/mol. The van der Waals surface area contributed by atoms with Gasteiger partial charge in [-0.15, -0.1) is 0 Å². The van der Waals surface area contributed by atoms with Gasteiger partial charge in [-0.3, -0.25) is 14.4 Å². The Morgan fingerprint density at radius 1 is 1.11 bits per heavy atom. The highest BCUT2D eigenvalue weighted by molar-refractivity contribution is 6.18. The van der Waals surface area contributed by atoms with Gasteiger partial charge in [-0.05, 0) is 24.3 Å². The first-order valence-corrected chi connectivity index (χ1v) is 8.05. The molecule has 7 nitrogen and oxygen atoms in total. The molecule has 1 aromatic heterocycles. The molecule has 0 amide bonds. The van der Waals surface area contributed by atoms with Crippen LogP contribution in [0.15, 0.2) is 57.0 Å². The van der Waals surface area contributed by atoms with Crippen LogP contribution in [0.4, 0.5) is 0 Å². The van der Waals surface area contributed by atoms with Crippen LogP contribution in [0.2, 0.25) is 0 Å². The molecule has 0 saturated carbocycles. The fourth-order valence-corrected chi connectivity index (χ4v) is 2.95. The Morgan fingerprint density at radius 2 is 1.89 bits per heavy atom. The normalized spacial score (nSPS) is 14.5. The van der Waals surface area contributed by atoms with Crippen molar-refractivity contribution in [3.63, 3.8) is 0 Å². The molecule has 27 heavy (non-hydrogen) atoms. The number of ketones is 2. The zero-order chi connectivity index (χ0) is 19.1. The largest absolute Gasteiger partial charge is 0.489 e. The van der Waals surface area contributed by atoms with Crippen molar-refractivity contribution in [1.29, 1.82) is 0 Å². The van der Waals surface area contributed by atoms with E-state index in [0.29, 0.717) is 11.3 Å². The van der Waals surface area contributed by atoms with Gasteiger partial charge in [0.15, 0.2) is 5.78 Å². The van der Waals surface area contributed by atoms with Gasteiger partial charge in [0.05, 0.1) is 16.7 Å². The van der Waals surface area contributed by atoms with Crippen molar-refractivity contribution in [2.45, 2.75) is 6.92 Å². The van der Waals surface area contributed by atoms with Gasteiger partial charge in [0.2, 0.25) is 5.78 Å². The predicted octanol–water partition coefficient (Wildman–Crippen LogP) is 2.29. The number of carbonyl (C=O) groups excluding carboxylic acids is 3. The first-order chi connectivity index (χ1) is 13.0. The van der Waals surface area contributed by atoms with Gasteiger partial charge in [-0.1, -0.05) is 12.1 Å². The monoisotopic (exact) mass is 364 g/mol. The second kappa shape index (κ2) is 6.21. The average Bonchev–Trinajstić information content (AvgIpc) is 3.09. The van der Waals surface area contributed by atoms with Crippen LogP contribution < -0.4 is 10.4 Å². The van der Waals surface area contributed by atoms with Crippen LogP contribution in [-0.2, 0) is 9.53 Å². The number of hydrogen-bond donors (Lipinski definition) is 0. The van der Waals surface area contributed by atoms with E-state index in [1.54, 1.807) is 18.2 Å². The molecule has 0 atom stereocenters. The highest BCUT2D eigenvalue weighted by Gasteiger charge is 2.32. The summed E-state index contributed by atoms with van der Waals surface area (Å²) in [5, 5.41) is 0. The van der Waals surface area contributed by atoms with E-state index in [2.05, 4.69) is 0 Å². The lowest BCUT2D eigenvalue weighted by Crippen LogP contribution is -2.21. The molecule has 0 N–H and O–H groups in total. The SMILES string of the molecule is CC(=O)Oc1ccccc1C(=O)c1cc2c(oc1=O)C=C1OCC=C1C2=O. The van der Waals surface area contributed by atoms with Crippen LogP contribution in [0, 0.1) is 0 Å². The van der Waals surface area contributed by atoms with Gasteiger partial charge in [-0.25, -0.2) is 4.79 Å². The Hall–Kier alpha value is -3.74. The Balaban J connectivity index is 1.82. The Labute approximate surface area is 152 Å². The second-order valence-corrected chi connectivity index (χ2v) is 5.91. The molecule has 0 saturated heterocycles. The number of esters is 1.